The smallest absolute Gasteiger partial charge is 0.296 e. The van der Waals surface area contributed by atoms with Crippen LogP contribution in [0.3, 0.4) is 0 Å². The fourth-order valence-corrected chi connectivity index (χ4v) is 8.26. The van der Waals surface area contributed by atoms with Gasteiger partial charge in [-0.3, -0.25) is 18.5 Å². The first-order valence-electron chi connectivity index (χ1n) is 19.1. The number of amides is 1. The Labute approximate surface area is 389 Å². The molecule has 0 spiro atoms. The molecule has 6 aromatic rings. The molecule has 0 aliphatic rings. The average Bonchev–Trinajstić information content (AvgIpc) is 3.63. The Bertz CT molecular complexity index is 3450. The maximum absolute atomic E-state index is 12.8. The minimum Gasteiger partial charge on any atom is -0.505 e. The molecule has 0 atom stereocenters. The second kappa shape index (κ2) is 20.3. The van der Waals surface area contributed by atoms with E-state index >= 15 is 0 Å². The number of aromatic hydroxyl groups is 2. The van der Waals surface area contributed by atoms with Gasteiger partial charge in [-0.25, -0.2) is 0 Å². The van der Waals surface area contributed by atoms with Crippen molar-refractivity contribution in [2.45, 2.75) is 21.6 Å². The van der Waals surface area contributed by atoms with Crippen LogP contribution >= 0.6 is 0 Å². The summed E-state index contributed by atoms with van der Waals surface area (Å²) in [5.41, 5.74) is 2.56. The van der Waals surface area contributed by atoms with Gasteiger partial charge in [0.05, 0.1) is 33.1 Å². The number of phenolic OH excluding ortho intramolecular Hbond substituents is 1. The third-order valence-corrected chi connectivity index (χ3v) is 12.1. The predicted octanol–water partition coefficient (Wildman–Crippen LogP) is 5.59. The highest BCUT2D eigenvalue weighted by Gasteiger charge is 2.27. The average molecular weight is 1020 g/mol. The number of nitrogens with two attached hydrogens (primary N) is 1. The Kier molecular flexibility index (Phi) is 14.9. The van der Waals surface area contributed by atoms with Crippen molar-refractivity contribution in [1.82, 2.24) is 9.78 Å². The molecular weight excluding hydrogens is 979 g/mol. The molecule has 69 heavy (non-hydrogen) atoms. The maximum atomic E-state index is 12.8. The van der Waals surface area contributed by atoms with Gasteiger partial charge in [0.1, 0.15) is 79.3 Å². The summed E-state index contributed by atoms with van der Waals surface area (Å²) in [6.45, 7) is -0.404. The van der Waals surface area contributed by atoms with Crippen LogP contribution in [0.25, 0.3) is 16.5 Å². The van der Waals surface area contributed by atoms with E-state index in [1.165, 1.54) is 57.5 Å². The van der Waals surface area contributed by atoms with Gasteiger partial charge >= 0.3 is 0 Å². The number of ether oxygens (including phenoxy) is 4. The van der Waals surface area contributed by atoms with Crippen molar-refractivity contribution in [1.29, 1.82) is 0 Å². The van der Waals surface area contributed by atoms with Gasteiger partial charge in [-0.15, -0.1) is 30.7 Å². The summed E-state index contributed by atoms with van der Waals surface area (Å²) in [7, 11) is -12.3. The van der Waals surface area contributed by atoms with Crippen molar-refractivity contribution in [3.05, 3.63) is 78.0 Å². The van der Waals surface area contributed by atoms with Crippen molar-refractivity contribution in [2.75, 3.05) is 40.6 Å². The molecule has 0 radical (unpaired) electrons. The largest absolute Gasteiger partial charge is 0.505 e. The molecule has 0 unspecified atom stereocenters. The summed E-state index contributed by atoms with van der Waals surface area (Å²) in [5, 5.41) is 69.3. The lowest BCUT2D eigenvalue weighted by Crippen LogP contribution is -2.12. The number of hydrogen-bond acceptors (Lipinski definition) is 22. The van der Waals surface area contributed by atoms with Gasteiger partial charge in [0.15, 0.2) is 17.1 Å². The number of fused-ring (bicyclic) bond motifs is 1. The van der Waals surface area contributed by atoms with Gasteiger partial charge < -0.3 is 45.1 Å². The van der Waals surface area contributed by atoms with E-state index in [2.05, 4.69) is 35.8 Å². The van der Waals surface area contributed by atoms with E-state index in [1.54, 1.807) is 0 Å². The van der Waals surface area contributed by atoms with Gasteiger partial charge in [0.25, 0.3) is 36.3 Å². The van der Waals surface area contributed by atoms with Crippen molar-refractivity contribution < 1.29 is 83.1 Å². The second-order valence-electron chi connectivity index (χ2n) is 13.9. The lowest BCUT2D eigenvalue weighted by atomic mass is 10.1. The van der Waals surface area contributed by atoms with Crippen molar-refractivity contribution >= 4 is 81.2 Å². The summed E-state index contributed by atoms with van der Waals surface area (Å²) in [4.78, 5) is 10.3. The molecule has 364 valence electrons. The Balaban J connectivity index is 1.44. The standard InChI is InChI=1S/C39H37N9O18S3/c1-19-12-25(28(64-3)18-31(19)67(54,55)56)43-46-36-35(38(40)52)47-48(39(36)53)21-4-6-23-20(13-21)14-33(69(60,61)62)34(37(23)51)45-44-27-17-29(65-10-8-49)26(16-30(27)66-11-9-50)42-41-24-7-5-22(63-2)15-32(24)68(57,58)59/h4-7,12-18,49-51,53H,8-11H2,1-3H3,(H2,40,52)(H,54,55,56)(H,57,58,59)(H,60,61,62). The van der Waals surface area contributed by atoms with E-state index < -0.39 is 92.9 Å². The van der Waals surface area contributed by atoms with Crippen LogP contribution in [-0.4, -0.2) is 116 Å². The Hall–Kier alpha value is -7.71. The first-order valence-corrected chi connectivity index (χ1v) is 23.4. The van der Waals surface area contributed by atoms with Crippen LogP contribution in [0.4, 0.5) is 34.1 Å². The second-order valence-corrected chi connectivity index (χ2v) is 18.0. The van der Waals surface area contributed by atoms with Gasteiger partial charge in [-0.05, 0) is 60.3 Å². The SMILES string of the molecule is COc1ccc(N=Nc2cc(OCCO)c(N=Nc3c(S(=O)(=O)O)cc4cc(-n5nc(C(N)=O)c(N=Nc6cc(C)c(S(=O)(=O)O)cc6OC)c5O)ccc4c3O)cc2OCCO)c(S(=O)(=O)O)c1. The molecule has 30 heteroatoms. The van der Waals surface area contributed by atoms with E-state index in [-0.39, 0.29) is 81.0 Å². The number of rotatable bonds is 19. The molecule has 27 nitrogen and oxygen atoms in total. The third kappa shape index (κ3) is 11.2. The number of primary amides is 1. The number of aryl methyl sites for hydroxylation is 1. The molecule has 1 aromatic heterocycles. The molecule has 6 rings (SSSR count). The van der Waals surface area contributed by atoms with Gasteiger partial charge in [0, 0.05) is 29.7 Å². The Morgan fingerprint density at radius 2 is 1.19 bits per heavy atom. The van der Waals surface area contributed by atoms with Crippen LogP contribution in [0, 0.1) is 6.92 Å². The summed E-state index contributed by atoms with van der Waals surface area (Å²) in [6, 6.07) is 12.5. The van der Waals surface area contributed by atoms with E-state index in [0.29, 0.717) is 0 Å². The van der Waals surface area contributed by atoms with Crippen LogP contribution < -0.4 is 24.7 Å². The first kappa shape index (κ1) is 50.7. The number of methoxy groups -OCH3 is 2. The van der Waals surface area contributed by atoms with E-state index in [4.69, 9.17) is 24.7 Å². The number of azo groups is 3. The monoisotopic (exact) mass is 1020 g/mol. The number of phenols is 1. The number of aliphatic hydroxyl groups excluding tert-OH is 2. The molecule has 9 N–H and O–H groups in total. The lowest BCUT2D eigenvalue weighted by Gasteiger charge is -2.13. The summed E-state index contributed by atoms with van der Waals surface area (Å²) >= 11 is 0. The molecule has 0 saturated heterocycles. The van der Waals surface area contributed by atoms with Crippen molar-refractivity contribution in [3.63, 3.8) is 0 Å². The van der Waals surface area contributed by atoms with Gasteiger partial charge in [0.2, 0.25) is 5.88 Å². The molecule has 1 amide bonds. The number of carbonyl (C=O) groups excluding carboxylic acids is 1. The fraction of sp³-hybridized carbons (Fsp3) is 0.179. The minimum atomic E-state index is -5.25. The van der Waals surface area contributed by atoms with Crippen LogP contribution in [-0.2, 0) is 30.4 Å². The zero-order valence-corrected chi connectivity index (χ0v) is 38.1. The van der Waals surface area contributed by atoms with Crippen molar-refractivity contribution in [2.24, 2.45) is 36.4 Å². The normalized spacial score (nSPS) is 12.4. The number of hydrogen-bond donors (Lipinski definition) is 8. The summed E-state index contributed by atoms with van der Waals surface area (Å²) in [6.07, 6.45) is 0. The number of nitrogens with zero attached hydrogens (tertiary/aromatic N) is 8. The molecule has 0 fully saturated rings. The topological polar surface area (TPSA) is 416 Å². The number of aliphatic hydroxyl groups is 2. The number of carbonyl (C=O) groups is 1. The molecular formula is C39H37N9O18S3. The first-order chi connectivity index (χ1) is 32.5. The Morgan fingerprint density at radius 1 is 0.638 bits per heavy atom. The van der Waals surface area contributed by atoms with Crippen LogP contribution in [0.2, 0.25) is 0 Å². The fourth-order valence-electron chi connectivity index (χ4n) is 6.24. The zero-order chi connectivity index (χ0) is 50.6. The Morgan fingerprint density at radius 3 is 1.72 bits per heavy atom. The number of aromatic nitrogens is 2. The lowest BCUT2D eigenvalue weighted by molar-refractivity contribution is 0.0995. The van der Waals surface area contributed by atoms with E-state index in [9.17, 15) is 64.1 Å². The van der Waals surface area contributed by atoms with E-state index in [1.807, 2.05) is 0 Å². The van der Waals surface area contributed by atoms with Crippen LogP contribution in [0.1, 0.15) is 16.1 Å². The van der Waals surface area contributed by atoms with E-state index in [0.717, 1.165) is 35.0 Å². The quantitative estimate of drug-likeness (QED) is 0.0362. The molecule has 1 heterocycles. The molecule has 0 bridgehead atoms. The molecule has 0 aliphatic heterocycles. The predicted molar refractivity (Wildman–Crippen MR) is 237 cm³/mol. The minimum absolute atomic E-state index is 0.0347. The molecule has 0 saturated carbocycles. The highest BCUT2D eigenvalue weighted by Crippen LogP contribution is 2.46. The van der Waals surface area contributed by atoms with Gasteiger partial charge in [-0.1, -0.05) is 0 Å². The van der Waals surface area contributed by atoms with Crippen LogP contribution in [0.5, 0.6) is 34.6 Å². The maximum Gasteiger partial charge on any atom is 0.296 e. The highest BCUT2D eigenvalue weighted by molar-refractivity contribution is 7.86. The third-order valence-electron chi connectivity index (χ3n) is 9.35. The zero-order valence-electron chi connectivity index (χ0n) is 35.7. The highest BCUT2D eigenvalue weighted by atomic mass is 32.2. The van der Waals surface area contributed by atoms with Crippen LogP contribution in [0.15, 0.2) is 112 Å². The van der Waals surface area contributed by atoms with Gasteiger partial charge in [-0.2, -0.15) is 35.0 Å². The summed E-state index contributed by atoms with van der Waals surface area (Å²) < 4.78 is 125. The number of benzene rings is 5. The van der Waals surface area contributed by atoms with Crippen molar-refractivity contribution in [3.8, 4) is 40.3 Å². The summed E-state index contributed by atoms with van der Waals surface area (Å²) in [5.74, 6) is -3.41. The molecule has 5 aromatic carbocycles. The molecule has 0 aliphatic carbocycles.